The van der Waals surface area contributed by atoms with Crippen LogP contribution >= 0.6 is 0 Å². The smallest absolute Gasteiger partial charge is 0.207 e. The second kappa shape index (κ2) is 6.83. The highest BCUT2D eigenvalue weighted by Gasteiger charge is 2.27. The third-order valence-electron chi connectivity index (χ3n) is 3.68. The summed E-state index contributed by atoms with van der Waals surface area (Å²) < 4.78 is 27.6. The highest BCUT2D eigenvalue weighted by atomic mass is 19.3. The van der Waals surface area contributed by atoms with Crippen LogP contribution in [0.3, 0.4) is 0 Å². The van der Waals surface area contributed by atoms with Crippen molar-refractivity contribution in [3.63, 3.8) is 0 Å². The van der Waals surface area contributed by atoms with E-state index >= 15 is 0 Å². The van der Waals surface area contributed by atoms with Crippen molar-refractivity contribution in [2.24, 2.45) is 0 Å². The van der Waals surface area contributed by atoms with Gasteiger partial charge in [0.15, 0.2) is 0 Å². The molecule has 1 radical (unpaired) electrons. The van der Waals surface area contributed by atoms with E-state index in [4.69, 9.17) is 0 Å². The number of halogens is 2. The van der Waals surface area contributed by atoms with Gasteiger partial charge in [-0.25, -0.2) is 8.78 Å². The Morgan fingerprint density at radius 1 is 0.900 bits per heavy atom. The normalized spacial score (nSPS) is 11.9. The van der Waals surface area contributed by atoms with Crippen LogP contribution in [0.15, 0.2) is 42.5 Å². The second-order valence-corrected chi connectivity index (χ2v) is 5.30. The number of fused-ring (bicyclic) bond motifs is 1. The Morgan fingerprint density at radius 2 is 1.65 bits per heavy atom. The summed E-state index contributed by atoms with van der Waals surface area (Å²) >= 11 is 0. The minimum Gasteiger partial charge on any atom is -0.207 e. The SMILES string of the molecule is [CH2]CCCCC(F)(F)CCc1cccc2ccccc12. The van der Waals surface area contributed by atoms with Gasteiger partial charge in [-0.15, -0.1) is 0 Å². The highest BCUT2D eigenvalue weighted by molar-refractivity contribution is 5.85. The molecule has 20 heavy (non-hydrogen) atoms. The molecule has 0 nitrogen and oxygen atoms in total. The first kappa shape index (κ1) is 15.0. The lowest BCUT2D eigenvalue weighted by atomic mass is 9.97. The van der Waals surface area contributed by atoms with Crippen molar-refractivity contribution in [3.8, 4) is 0 Å². The lowest BCUT2D eigenvalue weighted by molar-refractivity contribution is -0.0178. The third-order valence-corrected chi connectivity index (χ3v) is 3.68. The minimum absolute atomic E-state index is 0.0205. The number of aryl methyl sites for hydroxylation is 1. The molecule has 107 valence electrons. The lowest BCUT2D eigenvalue weighted by Gasteiger charge is -2.16. The molecule has 0 spiro atoms. The summed E-state index contributed by atoms with van der Waals surface area (Å²) in [5.41, 5.74) is 1.01. The summed E-state index contributed by atoms with van der Waals surface area (Å²) in [6, 6.07) is 13.9. The first-order valence-corrected chi connectivity index (χ1v) is 7.26. The standard InChI is InChI=1S/C18H21F2/c1-2-3-6-13-18(19,20)14-12-16-10-7-9-15-8-4-5-11-17(15)16/h4-5,7-11H,1-3,6,12-14H2. The van der Waals surface area contributed by atoms with Gasteiger partial charge in [-0.1, -0.05) is 62.2 Å². The van der Waals surface area contributed by atoms with Gasteiger partial charge in [-0.05, 0) is 29.2 Å². The fourth-order valence-corrected chi connectivity index (χ4v) is 2.51. The molecule has 0 aliphatic rings. The Balaban J connectivity index is 2.02. The molecule has 0 amide bonds. The molecule has 0 heterocycles. The van der Waals surface area contributed by atoms with E-state index in [-0.39, 0.29) is 12.8 Å². The maximum Gasteiger partial charge on any atom is 0.248 e. The molecule has 0 atom stereocenters. The molecule has 0 saturated heterocycles. The molecule has 0 aromatic heterocycles. The molecule has 0 unspecified atom stereocenters. The van der Waals surface area contributed by atoms with Gasteiger partial charge in [0.05, 0.1) is 0 Å². The number of rotatable bonds is 7. The van der Waals surface area contributed by atoms with Crippen LogP contribution < -0.4 is 0 Å². The fourth-order valence-electron chi connectivity index (χ4n) is 2.51. The summed E-state index contributed by atoms with van der Waals surface area (Å²) in [6.45, 7) is 3.69. The van der Waals surface area contributed by atoms with E-state index in [2.05, 4.69) is 6.92 Å². The molecule has 0 aliphatic heterocycles. The Bertz CT molecular complexity index is 541. The predicted molar refractivity (Wildman–Crippen MR) is 81.0 cm³/mol. The molecular weight excluding hydrogens is 254 g/mol. The van der Waals surface area contributed by atoms with Crippen LogP contribution in [0.25, 0.3) is 10.8 Å². The number of hydrogen-bond donors (Lipinski definition) is 0. The largest absolute Gasteiger partial charge is 0.248 e. The summed E-state index contributed by atoms with van der Waals surface area (Å²) in [7, 11) is 0. The zero-order valence-electron chi connectivity index (χ0n) is 11.7. The highest BCUT2D eigenvalue weighted by Crippen LogP contribution is 2.29. The molecule has 0 bridgehead atoms. The molecule has 2 aromatic rings. The Kier molecular flexibility index (Phi) is 5.11. The van der Waals surface area contributed by atoms with Gasteiger partial charge >= 0.3 is 0 Å². The van der Waals surface area contributed by atoms with Crippen molar-refractivity contribution in [1.29, 1.82) is 0 Å². The molecule has 0 fully saturated rings. The Hall–Kier alpha value is -1.44. The number of unbranched alkanes of at least 4 members (excludes halogenated alkanes) is 2. The maximum atomic E-state index is 13.8. The van der Waals surface area contributed by atoms with Crippen molar-refractivity contribution in [2.45, 2.75) is 44.4 Å². The second-order valence-electron chi connectivity index (χ2n) is 5.30. The number of benzene rings is 2. The van der Waals surface area contributed by atoms with Gasteiger partial charge < -0.3 is 0 Å². The third kappa shape index (κ3) is 4.03. The lowest BCUT2D eigenvalue weighted by Crippen LogP contribution is -2.17. The number of alkyl halides is 2. The predicted octanol–water partition coefficient (Wildman–Crippen LogP) is 5.80. The van der Waals surface area contributed by atoms with E-state index in [1.807, 2.05) is 42.5 Å². The summed E-state index contributed by atoms with van der Waals surface area (Å²) in [5.74, 6) is -2.56. The van der Waals surface area contributed by atoms with Gasteiger partial charge in [-0.2, -0.15) is 0 Å². The zero-order valence-corrected chi connectivity index (χ0v) is 11.7. The van der Waals surface area contributed by atoms with Crippen molar-refractivity contribution in [1.82, 2.24) is 0 Å². The van der Waals surface area contributed by atoms with Gasteiger partial charge in [-0.3, -0.25) is 0 Å². The van der Waals surface area contributed by atoms with E-state index in [9.17, 15) is 8.78 Å². The molecule has 2 heteroatoms. The van der Waals surface area contributed by atoms with Crippen LogP contribution in [-0.4, -0.2) is 5.92 Å². The molecule has 0 N–H and O–H groups in total. The van der Waals surface area contributed by atoms with E-state index in [1.165, 1.54) is 0 Å². The average molecular weight is 275 g/mol. The quantitative estimate of drug-likeness (QED) is 0.560. The molecule has 2 aromatic carbocycles. The maximum absolute atomic E-state index is 13.8. The van der Waals surface area contributed by atoms with E-state index in [0.717, 1.165) is 29.2 Å². The van der Waals surface area contributed by atoms with Crippen molar-refractivity contribution in [3.05, 3.63) is 55.0 Å². The van der Waals surface area contributed by atoms with E-state index in [1.54, 1.807) is 0 Å². The monoisotopic (exact) mass is 275 g/mol. The first-order chi connectivity index (χ1) is 9.62. The zero-order chi connectivity index (χ0) is 14.4. The van der Waals surface area contributed by atoms with Gasteiger partial charge in [0.2, 0.25) is 5.92 Å². The topological polar surface area (TPSA) is 0 Å². The number of hydrogen-bond acceptors (Lipinski definition) is 0. The minimum atomic E-state index is -2.56. The Morgan fingerprint density at radius 3 is 2.45 bits per heavy atom. The van der Waals surface area contributed by atoms with Crippen LogP contribution in [0.4, 0.5) is 8.78 Å². The van der Waals surface area contributed by atoms with Gasteiger partial charge in [0, 0.05) is 12.8 Å². The van der Waals surface area contributed by atoms with Crippen LogP contribution in [0.1, 0.15) is 37.7 Å². The van der Waals surface area contributed by atoms with Crippen LogP contribution in [0.2, 0.25) is 0 Å². The molecular formula is C18H21F2. The van der Waals surface area contributed by atoms with Crippen molar-refractivity contribution in [2.75, 3.05) is 0 Å². The summed E-state index contributed by atoms with van der Waals surface area (Å²) in [6.07, 6.45) is 2.42. The first-order valence-electron chi connectivity index (χ1n) is 7.26. The van der Waals surface area contributed by atoms with Gasteiger partial charge in [0.25, 0.3) is 0 Å². The van der Waals surface area contributed by atoms with Crippen molar-refractivity contribution < 1.29 is 8.78 Å². The Labute approximate surface area is 119 Å². The van der Waals surface area contributed by atoms with Crippen LogP contribution in [0.5, 0.6) is 0 Å². The summed E-state index contributed by atoms with van der Waals surface area (Å²) in [4.78, 5) is 0. The fraction of sp³-hybridized carbons (Fsp3) is 0.389. The summed E-state index contributed by atoms with van der Waals surface area (Å²) in [5, 5.41) is 2.20. The molecule has 2 rings (SSSR count). The molecule has 0 aliphatic carbocycles. The average Bonchev–Trinajstić information content (AvgIpc) is 2.45. The van der Waals surface area contributed by atoms with Gasteiger partial charge in [0.1, 0.15) is 0 Å². The van der Waals surface area contributed by atoms with Crippen LogP contribution in [0, 0.1) is 6.92 Å². The van der Waals surface area contributed by atoms with Crippen LogP contribution in [-0.2, 0) is 6.42 Å². The van der Waals surface area contributed by atoms with Crippen molar-refractivity contribution >= 4 is 10.8 Å². The van der Waals surface area contributed by atoms with E-state index < -0.39 is 5.92 Å². The molecule has 0 saturated carbocycles. The van der Waals surface area contributed by atoms with E-state index in [0.29, 0.717) is 12.8 Å².